The summed E-state index contributed by atoms with van der Waals surface area (Å²) >= 11 is 7.58. The molecule has 1 aromatic carbocycles. The molecule has 6 heteroatoms. The molecule has 0 saturated heterocycles. The van der Waals surface area contributed by atoms with Crippen molar-refractivity contribution >= 4 is 35.2 Å². The number of benzene rings is 1. The Kier molecular flexibility index (Phi) is 9.88. The highest BCUT2D eigenvalue weighted by Gasteiger charge is 2.11. The van der Waals surface area contributed by atoms with Crippen molar-refractivity contribution in [2.45, 2.75) is 50.8 Å². The van der Waals surface area contributed by atoms with Crippen LogP contribution in [0.4, 0.5) is 0 Å². The first-order valence-corrected chi connectivity index (χ1v) is 9.72. The van der Waals surface area contributed by atoms with Crippen molar-refractivity contribution in [3.63, 3.8) is 0 Å². The first-order chi connectivity index (χ1) is 11.5. The van der Waals surface area contributed by atoms with Gasteiger partial charge in [0.15, 0.2) is 0 Å². The first kappa shape index (κ1) is 20.8. The van der Waals surface area contributed by atoms with Gasteiger partial charge in [-0.2, -0.15) is 0 Å². The van der Waals surface area contributed by atoms with Gasteiger partial charge in [-0.05, 0) is 30.5 Å². The molecule has 0 aliphatic rings. The van der Waals surface area contributed by atoms with E-state index in [9.17, 15) is 9.59 Å². The van der Waals surface area contributed by atoms with Crippen LogP contribution in [0, 0.1) is 5.92 Å². The number of hydrogen-bond acceptors (Lipinski definition) is 4. The number of hydrogen-bond donors (Lipinski definition) is 1. The van der Waals surface area contributed by atoms with Gasteiger partial charge in [0, 0.05) is 16.2 Å². The molecule has 1 rings (SSSR count). The normalized spacial score (nSPS) is 12.0. The van der Waals surface area contributed by atoms with Gasteiger partial charge in [-0.15, -0.1) is 11.8 Å². The van der Waals surface area contributed by atoms with Gasteiger partial charge in [0.05, 0.1) is 18.1 Å². The molecule has 1 amide bonds. The number of carbonyl (C=O) groups excluding carboxylic acids is 2. The van der Waals surface area contributed by atoms with Gasteiger partial charge in [0.25, 0.3) is 0 Å². The van der Waals surface area contributed by atoms with E-state index in [0.29, 0.717) is 35.3 Å². The predicted octanol–water partition coefficient (Wildman–Crippen LogP) is 4.68. The predicted molar refractivity (Wildman–Crippen MR) is 99.6 cm³/mol. The van der Waals surface area contributed by atoms with Crippen LogP contribution in [0.2, 0.25) is 5.02 Å². The van der Waals surface area contributed by atoms with Crippen LogP contribution in [-0.4, -0.2) is 24.2 Å². The monoisotopic (exact) mass is 371 g/mol. The zero-order chi connectivity index (χ0) is 17.9. The Hall–Kier alpha value is -1.20. The Balaban J connectivity index is 2.34. The molecule has 0 heterocycles. The zero-order valence-corrected chi connectivity index (χ0v) is 15.9. The van der Waals surface area contributed by atoms with E-state index in [-0.39, 0.29) is 5.97 Å². The topological polar surface area (TPSA) is 69.4 Å². The summed E-state index contributed by atoms with van der Waals surface area (Å²) in [5, 5.41) is 0.468. The Morgan fingerprint density at radius 2 is 2.08 bits per heavy atom. The fraction of sp³-hybridized carbons (Fsp3) is 0.556. The summed E-state index contributed by atoms with van der Waals surface area (Å²) in [6.07, 6.45) is 4.81. The summed E-state index contributed by atoms with van der Waals surface area (Å²) in [7, 11) is 0. The van der Waals surface area contributed by atoms with Crippen molar-refractivity contribution in [3.05, 3.63) is 28.8 Å². The van der Waals surface area contributed by atoms with E-state index in [0.717, 1.165) is 24.2 Å². The van der Waals surface area contributed by atoms with Gasteiger partial charge in [0.2, 0.25) is 5.91 Å². The van der Waals surface area contributed by atoms with Crippen molar-refractivity contribution in [1.29, 1.82) is 0 Å². The summed E-state index contributed by atoms with van der Waals surface area (Å²) < 4.78 is 5.36. The van der Waals surface area contributed by atoms with Crippen LogP contribution >= 0.6 is 23.4 Å². The lowest BCUT2D eigenvalue weighted by Gasteiger charge is -2.14. The van der Waals surface area contributed by atoms with Crippen LogP contribution in [0.15, 0.2) is 23.1 Å². The van der Waals surface area contributed by atoms with Crippen molar-refractivity contribution in [3.8, 4) is 0 Å². The minimum Gasteiger partial charge on any atom is -0.465 e. The quantitative estimate of drug-likeness (QED) is 0.453. The third-order valence-corrected chi connectivity index (χ3v) is 5.30. The van der Waals surface area contributed by atoms with Crippen LogP contribution in [0.3, 0.4) is 0 Å². The maximum Gasteiger partial charge on any atom is 0.306 e. The molecule has 0 spiro atoms. The maximum atomic E-state index is 11.8. The Morgan fingerprint density at radius 1 is 1.33 bits per heavy atom. The van der Waals surface area contributed by atoms with E-state index in [1.54, 1.807) is 18.2 Å². The molecule has 2 N–H and O–H groups in total. The molecule has 0 aliphatic carbocycles. The molecule has 134 valence electrons. The highest BCUT2D eigenvalue weighted by atomic mass is 35.5. The second-order valence-electron chi connectivity index (χ2n) is 5.71. The lowest BCUT2D eigenvalue weighted by Crippen LogP contribution is -2.14. The average Bonchev–Trinajstić information content (AvgIpc) is 2.56. The van der Waals surface area contributed by atoms with E-state index in [4.69, 9.17) is 22.1 Å². The summed E-state index contributed by atoms with van der Waals surface area (Å²) in [6, 6.07) is 4.93. The number of unbranched alkanes of at least 4 members (excludes halogenated alkanes) is 1. The second kappa shape index (κ2) is 11.4. The van der Waals surface area contributed by atoms with Crippen LogP contribution in [-0.2, 0) is 9.53 Å². The fourth-order valence-electron chi connectivity index (χ4n) is 2.20. The number of ether oxygens (including phenoxy) is 1. The van der Waals surface area contributed by atoms with Gasteiger partial charge in [-0.25, -0.2) is 0 Å². The second-order valence-corrected chi connectivity index (χ2v) is 7.25. The molecule has 1 atom stereocenters. The summed E-state index contributed by atoms with van der Waals surface area (Å²) in [4.78, 5) is 23.7. The highest BCUT2D eigenvalue weighted by Crippen LogP contribution is 2.28. The van der Waals surface area contributed by atoms with E-state index >= 15 is 0 Å². The zero-order valence-electron chi connectivity index (χ0n) is 14.3. The molecule has 0 fully saturated rings. The molecular weight excluding hydrogens is 346 g/mol. The smallest absolute Gasteiger partial charge is 0.306 e. The molecule has 0 saturated carbocycles. The number of esters is 1. The minimum absolute atomic E-state index is 0.178. The van der Waals surface area contributed by atoms with Crippen molar-refractivity contribution < 1.29 is 14.3 Å². The SMILES string of the molecule is CCCCC(CC)COC(=O)CCSc1ccc(C(N)=O)cc1Cl. The van der Waals surface area contributed by atoms with Crippen molar-refractivity contribution in [2.75, 3.05) is 12.4 Å². The molecule has 0 aromatic heterocycles. The lowest BCUT2D eigenvalue weighted by atomic mass is 10.0. The lowest BCUT2D eigenvalue weighted by molar-refractivity contribution is -0.144. The van der Waals surface area contributed by atoms with E-state index in [1.807, 2.05) is 0 Å². The molecule has 0 aliphatic heterocycles. The van der Waals surface area contributed by atoms with Crippen LogP contribution in [0.25, 0.3) is 0 Å². The third-order valence-electron chi connectivity index (χ3n) is 3.80. The number of carbonyl (C=O) groups is 2. The fourth-order valence-corrected chi connectivity index (χ4v) is 3.39. The van der Waals surface area contributed by atoms with Gasteiger partial charge >= 0.3 is 5.97 Å². The van der Waals surface area contributed by atoms with E-state index < -0.39 is 5.91 Å². The third kappa shape index (κ3) is 7.58. The number of thioether (sulfide) groups is 1. The summed E-state index contributed by atoms with van der Waals surface area (Å²) in [5.74, 6) is 0.352. The molecule has 4 nitrogen and oxygen atoms in total. The number of rotatable bonds is 11. The Morgan fingerprint density at radius 3 is 2.67 bits per heavy atom. The van der Waals surface area contributed by atoms with E-state index in [2.05, 4.69) is 13.8 Å². The standard InChI is InChI=1S/C18H26ClNO3S/c1-3-5-6-13(4-2)12-23-17(21)9-10-24-16-8-7-14(18(20)22)11-15(16)19/h7-8,11,13H,3-6,9-10,12H2,1-2H3,(H2,20,22). The van der Waals surface area contributed by atoms with Crippen molar-refractivity contribution in [1.82, 2.24) is 0 Å². The molecule has 1 unspecified atom stereocenters. The van der Waals surface area contributed by atoms with Crippen LogP contribution in [0.5, 0.6) is 0 Å². The summed E-state index contributed by atoms with van der Waals surface area (Å²) in [5.41, 5.74) is 5.58. The van der Waals surface area contributed by atoms with Crippen LogP contribution in [0.1, 0.15) is 56.3 Å². The average molecular weight is 372 g/mol. The largest absolute Gasteiger partial charge is 0.465 e. The number of halogens is 1. The number of nitrogens with two attached hydrogens (primary N) is 1. The van der Waals surface area contributed by atoms with E-state index in [1.165, 1.54) is 18.2 Å². The summed E-state index contributed by atoms with van der Waals surface area (Å²) in [6.45, 7) is 4.80. The molecule has 1 aromatic rings. The van der Waals surface area contributed by atoms with Gasteiger partial charge in [-0.3, -0.25) is 9.59 Å². The molecule has 24 heavy (non-hydrogen) atoms. The van der Waals surface area contributed by atoms with Crippen LogP contribution < -0.4 is 5.73 Å². The van der Waals surface area contributed by atoms with Gasteiger partial charge in [-0.1, -0.05) is 44.7 Å². The van der Waals surface area contributed by atoms with Gasteiger partial charge < -0.3 is 10.5 Å². The maximum absolute atomic E-state index is 11.8. The highest BCUT2D eigenvalue weighted by molar-refractivity contribution is 7.99. The Bertz CT molecular complexity index is 551. The number of primary amides is 1. The van der Waals surface area contributed by atoms with Gasteiger partial charge in [0.1, 0.15) is 0 Å². The number of amides is 1. The minimum atomic E-state index is -0.509. The molecule has 0 bridgehead atoms. The Labute approximate surface area is 153 Å². The van der Waals surface area contributed by atoms with Crippen molar-refractivity contribution in [2.24, 2.45) is 11.7 Å². The first-order valence-electron chi connectivity index (χ1n) is 8.35. The molecule has 0 radical (unpaired) electrons. The molecular formula is C18H26ClNO3S.